The third-order valence-corrected chi connectivity index (χ3v) is 5.86. The fourth-order valence-electron chi connectivity index (χ4n) is 4.23. The number of carbonyl (C=O) groups is 1. The average Bonchev–Trinajstić information content (AvgIpc) is 3.42. The summed E-state index contributed by atoms with van der Waals surface area (Å²) in [7, 11) is 0. The van der Waals surface area contributed by atoms with Gasteiger partial charge >= 0.3 is 6.09 Å². The number of ether oxygens (including phenoxy) is 1. The van der Waals surface area contributed by atoms with Gasteiger partial charge in [-0.25, -0.2) is 9.78 Å². The van der Waals surface area contributed by atoms with Gasteiger partial charge in [-0.05, 0) is 39.9 Å². The van der Waals surface area contributed by atoms with Crippen molar-refractivity contribution in [2.45, 2.75) is 18.1 Å². The molecule has 0 spiro atoms. The molecule has 162 valence electrons. The number of rotatable bonds is 6. The Kier molecular flexibility index (Phi) is 5.34. The molecule has 7 nitrogen and oxygen atoms in total. The first-order valence-corrected chi connectivity index (χ1v) is 10.4. The van der Waals surface area contributed by atoms with Crippen molar-refractivity contribution >= 4 is 17.2 Å². The van der Waals surface area contributed by atoms with Gasteiger partial charge < -0.3 is 24.7 Å². The van der Waals surface area contributed by atoms with E-state index in [0.29, 0.717) is 16.7 Å². The second kappa shape index (κ2) is 8.45. The number of amides is 1. The van der Waals surface area contributed by atoms with E-state index in [4.69, 9.17) is 9.15 Å². The molecule has 0 fully saturated rings. The van der Waals surface area contributed by atoms with Crippen molar-refractivity contribution in [1.82, 2.24) is 10.3 Å². The standard InChI is InChI=1S/C25H22N2O5/c28-22(24(29)15-9-10-23-21(11-15)27-14-32-23)12-26-25(30)31-13-20-18-7-3-1-5-16(18)17-6-2-4-8-19(17)20/h1-11,14,20,22,24,28-29H,12-13H2,(H,26,30). The number of nitrogens with zero attached hydrogens (tertiary/aromatic N) is 1. The minimum Gasteiger partial charge on any atom is -0.449 e. The van der Waals surface area contributed by atoms with Crippen LogP contribution in [0.3, 0.4) is 0 Å². The van der Waals surface area contributed by atoms with Crippen molar-refractivity contribution in [3.63, 3.8) is 0 Å². The van der Waals surface area contributed by atoms with Crippen LogP contribution in [0.15, 0.2) is 77.5 Å². The second-order valence-electron chi connectivity index (χ2n) is 7.80. The van der Waals surface area contributed by atoms with Gasteiger partial charge in [0.15, 0.2) is 12.0 Å². The lowest BCUT2D eigenvalue weighted by atomic mass is 9.98. The molecule has 5 rings (SSSR count). The molecular weight excluding hydrogens is 408 g/mol. The van der Waals surface area contributed by atoms with Crippen molar-refractivity contribution in [1.29, 1.82) is 0 Å². The van der Waals surface area contributed by atoms with E-state index in [9.17, 15) is 15.0 Å². The number of nitrogens with one attached hydrogen (secondary N) is 1. The fraction of sp³-hybridized carbons (Fsp3) is 0.200. The predicted octanol–water partition coefficient (Wildman–Crippen LogP) is 3.76. The topological polar surface area (TPSA) is 105 Å². The number of aliphatic hydroxyl groups excluding tert-OH is 2. The Morgan fingerprint density at radius 3 is 2.44 bits per heavy atom. The molecule has 1 heterocycles. The number of benzene rings is 3. The highest BCUT2D eigenvalue weighted by Crippen LogP contribution is 2.44. The Bertz CT molecular complexity index is 1220. The van der Waals surface area contributed by atoms with Crippen LogP contribution < -0.4 is 5.32 Å². The van der Waals surface area contributed by atoms with Gasteiger partial charge in [0, 0.05) is 12.5 Å². The molecule has 2 atom stereocenters. The molecule has 4 aromatic rings. The summed E-state index contributed by atoms with van der Waals surface area (Å²) >= 11 is 0. The highest BCUT2D eigenvalue weighted by Gasteiger charge is 2.29. The summed E-state index contributed by atoms with van der Waals surface area (Å²) in [6.45, 7) is 0.0238. The average molecular weight is 430 g/mol. The first kappa shape index (κ1) is 20.2. The SMILES string of the molecule is O=C(NCC(O)C(O)c1ccc2ocnc2c1)OCC1c2ccccc2-c2ccccc21. The number of hydrogen-bond acceptors (Lipinski definition) is 6. The van der Waals surface area contributed by atoms with Gasteiger partial charge in [-0.3, -0.25) is 0 Å². The maximum atomic E-state index is 12.3. The van der Waals surface area contributed by atoms with Crippen molar-refractivity contribution in [3.8, 4) is 11.1 Å². The number of oxazole rings is 1. The van der Waals surface area contributed by atoms with Crippen LogP contribution >= 0.6 is 0 Å². The van der Waals surface area contributed by atoms with Crippen molar-refractivity contribution in [3.05, 3.63) is 89.8 Å². The van der Waals surface area contributed by atoms with E-state index < -0.39 is 18.3 Å². The molecular formula is C25H22N2O5. The highest BCUT2D eigenvalue weighted by atomic mass is 16.5. The van der Waals surface area contributed by atoms with Crippen LogP contribution in [0.4, 0.5) is 4.79 Å². The minimum absolute atomic E-state index is 0.0437. The van der Waals surface area contributed by atoms with E-state index in [1.807, 2.05) is 36.4 Å². The number of hydrogen-bond donors (Lipinski definition) is 3. The summed E-state index contributed by atoms with van der Waals surface area (Å²) in [5.74, 6) is -0.0437. The van der Waals surface area contributed by atoms with E-state index in [1.165, 1.54) is 6.39 Å². The molecule has 1 amide bonds. The smallest absolute Gasteiger partial charge is 0.407 e. The Balaban J connectivity index is 1.18. The molecule has 1 aromatic heterocycles. The van der Waals surface area contributed by atoms with Crippen LogP contribution in [0.5, 0.6) is 0 Å². The molecule has 0 saturated heterocycles. The summed E-state index contributed by atoms with van der Waals surface area (Å²) in [5, 5.41) is 23.3. The monoisotopic (exact) mass is 430 g/mol. The molecule has 0 saturated carbocycles. The molecule has 3 N–H and O–H groups in total. The second-order valence-corrected chi connectivity index (χ2v) is 7.80. The molecule has 0 bridgehead atoms. The van der Waals surface area contributed by atoms with Gasteiger partial charge in [0.2, 0.25) is 0 Å². The van der Waals surface area contributed by atoms with Crippen LogP contribution in [0, 0.1) is 0 Å². The van der Waals surface area contributed by atoms with Crippen LogP contribution in [0.2, 0.25) is 0 Å². The minimum atomic E-state index is -1.21. The van der Waals surface area contributed by atoms with Crippen LogP contribution in [-0.4, -0.2) is 40.5 Å². The van der Waals surface area contributed by atoms with Gasteiger partial charge in [0.25, 0.3) is 0 Å². The number of fused-ring (bicyclic) bond motifs is 4. The molecule has 32 heavy (non-hydrogen) atoms. The number of alkyl carbamates (subject to hydrolysis) is 1. The summed E-state index contributed by atoms with van der Waals surface area (Å²) in [6.07, 6.45) is -1.73. The lowest BCUT2D eigenvalue weighted by molar-refractivity contribution is 0.0186. The molecule has 7 heteroatoms. The summed E-state index contributed by atoms with van der Waals surface area (Å²) in [6, 6.07) is 21.2. The van der Waals surface area contributed by atoms with Gasteiger partial charge in [-0.1, -0.05) is 54.6 Å². The normalized spacial score (nSPS) is 14.6. The zero-order chi connectivity index (χ0) is 22.1. The first-order valence-electron chi connectivity index (χ1n) is 10.4. The maximum Gasteiger partial charge on any atom is 0.407 e. The number of aliphatic hydroxyl groups is 2. The van der Waals surface area contributed by atoms with Crippen LogP contribution in [0.25, 0.3) is 22.2 Å². The van der Waals surface area contributed by atoms with E-state index in [0.717, 1.165) is 22.3 Å². The van der Waals surface area contributed by atoms with E-state index >= 15 is 0 Å². The van der Waals surface area contributed by atoms with Gasteiger partial charge in [-0.15, -0.1) is 0 Å². The van der Waals surface area contributed by atoms with Crippen LogP contribution in [-0.2, 0) is 4.74 Å². The zero-order valence-electron chi connectivity index (χ0n) is 17.1. The third kappa shape index (κ3) is 3.72. The largest absolute Gasteiger partial charge is 0.449 e. The highest BCUT2D eigenvalue weighted by molar-refractivity contribution is 5.79. The maximum absolute atomic E-state index is 12.3. The molecule has 2 unspecified atom stereocenters. The lowest BCUT2D eigenvalue weighted by Gasteiger charge is -2.19. The van der Waals surface area contributed by atoms with E-state index in [1.54, 1.807) is 18.2 Å². The van der Waals surface area contributed by atoms with E-state index in [2.05, 4.69) is 22.4 Å². The Morgan fingerprint density at radius 1 is 1.03 bits per heavy atom. The number of carbonyl (C=O) groups excluding carboxylic acids is 1. The molecule has 0 radical (unpaired) electrons. The lowest BCUT2D eigenvalue weighted by Crippen LogP contribution is -2.36. The molecule has 1 aliphatic rings. The Hall–Kier alpha value is -3.68. The van der Waals surface area contributed by atoms with Crippen molar-refractivity contribution in [2.75, 3.05) is 13.2 Å². The van der Waals surface area contributed by atoms with E-state index in [-0.39, 0.29) is 19.1 Å². The molecule has 1 aliphatic carbocycles. The zero-order valence-corrected chi connectivity index (χ0v) is 17.1. The first-order chi connectivity index (χ1) is 15.6. The summed E-state index contributed by atoms with van der Waals surface area (Å²) in [4.78, 5) is 16.3. The van der Waals surface area contributed by atoms with Crippen LogP contribution in [0.1, 0.15) is 28.7 Å². The number of aromatic nitrogens is 1. The Labute approximate surface area is 184 Å². The summed E-state index contributed by atoms with van der Waals surface area (Å²) < 4.78 is 10.6. The van der Waals surface area contributed by atoms with Crippen molar-refractivity contribution in [2.24, 2.45) is 0 Å². The van der Waals surface area contributed by atoms with Gasteiger partial charge in [0.1, 0.15) is 24.3 Å². The molecule has 3 aromatic carbocycles. The van der Waals surface area contributed by atoms with Gasteiger partial charge in [0.05, 0.1) is 0 Å². The molecule has 0 aliphatic heterocycles. The Morgan fingerprint density at radius 2 is 1.72 bits per heavy atom. The van der Waals surface area contributed by atoms with Crippen molar-refractivity contribution < 1.29 is 24.2 Å². The van der Waals surface area contributed by atoms with Gasteiger partial charge in [-0.2, -0.15) is 0 Å². The quantitative estimate of drug-likeness (QED) is 0.430. The summed E-state index contributed by atoms with van der Waals surface area (Å²) in [5.41, 5.74) is 6.21. The third-order valence-electron chi connectivity index (χ3n) is 5.86. The fourth-order valence-corrected chi connectivity index (χ4v) is 4.23. The predicted molar refractivity (Wildman–Crippen MR) is 118 cm³/mol.